The number of halogens is 4. The first-order valence-corrected chi connectivity index (χ1v) is 9.10. The second-order valence-electron chi connectivity index (χ2n) is 5.95. The smallest absolute Gasteiger partial charge is 0.416 e. The Morgan fingerprint density at radius 1 is 1.21 bits per heavy atom. The fraction of sp³-hybridized carbons (Fsp3) is 0.167. The third-order valence-corrected chi connectivity index (χ3v) is 4.79. The predicted octanol–water partition coefficient (Wildman–Crippen LogP) is 3.58. The Labute approximate surface area is 166 Å². The van der Waals surface area contributed by atoms with Crippen LogP contribution in [0.5, 0.6) is 5.75 Å². The Hall–Kier alpha value is -3.08. The van der Waals surface area contributed by atoms with Gasteiger partial charge in [0.2, 0.25) is 0 Å². The van der Waals surface area contributed by atoms with Gasteiger partial charge in [-0.15, -0.1) is 0 Å². The minimum Gasteiger partial charge on any atom is -0.508 e. The van der Waals surface area contributed by atoms with Crippen LogP contribution in [-0.2, 0) is 22.3 Å². The largest absolute Gasteiger partial charge is 0.508 e. The predicted molar refractivity (Wildman–Crippen MR) is 98.6 cm³/mol. The van der Waals surface area contributed by atoms with Crippen LogP contribution in [0.4, 0.5) is 23.2 Å². The highest BCUT2D eigenvalue weighted by molar-refractivity contribution is 8.16. The first kappa shape index (κ1) is 20.6. The van der Waals surface area contributed by atoms with Gasteiger partial charge in [-0.3, -0.25) is 9.59 Å². The summed E-state index contributed by atoms with van der Waals surface area (Å²) in [5.74, 6) is -2.13. The molecule has 0 spiro atoms. The molecule has 2 amide bonds. The van der Waals surface area contributed by atoms with Crippen molar-refractivity contribution in [2.75, 3.05) is 11.1 Å². The molecule has 0 aromatic heterocycles. The number of benzene rings is 2. The zero-order valence-corrected chi connectivity index (χ0v) is 15.4. The summed E-state index contributed by atoms with van der Waals surface area (Å²) in [6.07, 6.45) is -4.49. The number of carbonyl (C=O) groups is 2. The van der Waals surface area contributed by atoms with E-state index in [1.165, 1.54) is 0 Å². The summed E-state index contributed by atoms with van der Waals surface area (Å²) in [5, 5.41) is 16.9. The van der Waals surface area contributed by atoms with E-state index in [0.29, 0.717) is 0 Å². The third-order valence-electron chi connectivity index (χ3n) is 3.86. The topological polar surface area (TPSA) is 82.0 Å². The molecular weight excluding hydrogens is 414 g/mol. The summed E-state index contributed by atoms with van der Waals surface area (Å²) in [6, 6.07) is 7.09. The first-order valence-electron chi connectivity index (χ1n) is 8.11. The van der Waals surface area contributed by atoms with Gasteiger partial charge in [0.1, 0.15) is 11.6 Å². The number of phenolic OH excluding ortho intramolecular Hbond substituents is 1. The van der Waals surface area contributed by atoms with E-state index in [9.17, 15) is 32.3 Å². The zero-order valence-electron chi connectivity index (χ0n) is 14.5. The molecular formula is C18H13F4N3O3S. The minimum atomic E-state index is -4.49. The molecule has 3 rings (SSSR count). The van der Waals surface area contributed by atoms with Crippen LogP contribution < -0.4 is 5.32 Å². The van der Waals surface area contributed by atoms with Crippen LogP contribution in [0.25, 0.3) is 0 Å². The number of alkyl halides is 3. The molecule has 0 atom stereocenters. The molecule has 2 aromatic rings. The molecule has 6 nitrogen and oxygen atoms in total. The number of hydrogen-bond acceptors (Lipinski definition) is 5. The van der Waals surface area contributed by atoms with E-state index in [4.69, 9.17) is 0 Å². The Balaban J connectivity index is 1.73. The van der Waals surface area contributed by atoms with E-state index < -0.39 is 29.4 Å². The highest BCUT2D eigenvalue weighted by Crippen LogP contribution is 2.30. The molecule has 0 radical (unpaired) electrons. The van der Waals surface area contributed by atoms with E-state index >= 15 is 0 Å². The van der Waals surface area contributed by atoms with Crippen molar-refractivity contribution in [2.45, 2.75) is 12.7 Å². The quantitative estimate of drug-likeness (QED) is 0.731. The lowest BCUT2D eigenvalue weighted by Gasteiger charge is -2.23. The van der Waals surface area contributed by atoms with E-state index in [1.807, 2.05) is 0 Å². The fourth-order valence-corrected chi connectivity index (χ4v) is 3.15. The van der Waals surface area contributed by atoms with Crippen LogP contribution in [0.2, 0.25) is 0 Å². The number of hydrogen-bond donors (Lipinski definition) is 2. The monoisotopic (exact) mass is 427 g/mol. The van der Waals surface area contributed by atoms with E-state index in [-0.39, 0.29) is 34.3 Å². The Bertz CT molecular complexity index is 977. The average Bonchev–Trinajstić information content (AvgIpc) is 2.66. The summed E-state index contributed by atoms with van der Waals surface area (Å²) in [7, 11) is 0. The van der Waals surface area contributed by atoms with Crippen LogP contribution in [0.3, 0.4) is 0 Å². The number of anilines is 1. The van der Waals surface area contributed by atoms with Gasteiger partial charge in [0, 0.05) is 11.3 Å². The van der Waals surface area contributed by atoms with Crippen LogP contribution in [0.15, 0.2) is 47.6 Å². The Kier molecular flexibility index (Phi) is 5.78. The van der Waals surface area contributed by atoms with Crippen molar-refractivity contribution in [3.63, 3.8) is 0 Å². The number of aromatic hydroxyl groups is 1. The standard InChI is InChI=1S/C18H13F4N3O3S/c19-12-3-6-14(26)10(7-12)8-25-15(27)9-29-17(24-25)16(28)23-13-4-1-11(2-5-13)18(20,21)22/h1-7,26H,8-9H2,(H,23,28). The maximum atomic E-state index is 13.4. The third kappa shape index (κ3) is 5.05. The SMILES string of the molecule is O=C(Nc1ccc(C(F)(F)F)cc1)C1=NN(Cc2cc(F)ccc2O)C(=O)CS1. The maximum Gasteiger partial charge on any atom is 0.416 e. The maximum absolute atomic E-state index is 13.4. The lowest BCUT2D eigenvalue weighted by molar-refractivity contribution is -0.137. The molecule has 0 aliphatic carbocycles. The summed E-state index contributed by atoms with van der Waals surface area (Å²) in [6.45, 7) is -0.250. The Morgan fingerprint density at radius 3 is 2.55 bits per heavy atom. The number of thioether (sulfide) groups is 1. The minimum absolute atomic E-state index is 0.0969. The van der Waals surface area contributed by atoms with Gasteiger partial charge in [0.05, 0.1) is 17.9 Å². The molecule has 29 heavy (non-hydrogen) atoms. The van der Waals surface area contributed by atoms with Gasteiger partial charge in [-0.2, -0.15) is 18.3 Å². The van der Waals surface area contributed by atoms with E-state index in [2.05, 4.69) is 10.4 Å². The first-order chi connectivity index (χ1) is 13.6. The van der Waals surface area contributed by atoms with Crippen LogP contribution in [-0.4, -0.2) is 32.7 Å². The van der Waals surface area contributed by atoms with Crippen molar-refractivity contribution in [3.05, 3.63) is 59.4 Å². The summed E-state index contributed by atoms with van der Waals surface area (Å²) >= 11 is 0.858. The molecule has 1 heterocycles. The van der Waals surface area contributed by atoms with E-state index in [1.54, 1.807) is 0 Å². The van der Waals surface area contributed by atoms with Gasteiger partial charge < -0.3 is 10.4 Å². The fourth-order valence-electron chi connectivity index (χ4n) is 2.40. The molecule has 11 heteroatoms. The van der Waals surface area contributed by atoms with Crippen molar-refractivity contribution in [2.24, 2.45) is 5.10 Å². The molecule has 0 unspecified atom stereocenters. The molecule has 2 aromatic carbocycles. The van der Waals surface area contributed by atoms with Gasteiger partial charge in [-0.25, -0.2) is 9.40 Å². The van der Waals surface area contributed by atoms with E-state index in [0.717, 1.165) is 59.2 Å². The van der Waals surface area contributed by atoms with Crippen molar-refractivity contribution in [1.29, 1.82) is 0 Å². The number of amides is 2. The van der Waals surface area contributed by atoms with Crippen LogP contribution in [0, 0.1) is 5.82 Å². The number of rotatable bonds is 4. The van der Waals surface area contributed by atoms with Crippen LogP contribution in [0.1, 0.15) is 11.1 Å². The average molecular weight is 427 g/mol. The van der Waals surface area contributed by atoms with Crippen molar-refractivity contribution in [1.82, 2.24) is 5.01 Å². The molecule has 1 aliphatic heterocycles. The van der Waals surface area contributed by atoms with Gasteiger partial charge in [-0.1, -0.05) is 11.8 Å². The van der Waals surface area contributed by atoms with Gasteiger partial charge >= 0.3 is 6.18 Å². The molecule has 0 bridgehead atoms. The lowest BCUT2D eigenvalue weighted by Crippen LogP contribution is -2.35. The summed E-state index contributed by atoms with van der Waals surface area (Å²) in [4.78, 5) is 24.4. The zero-order chi connectivity index (χ0) is 21.2. The van der Waals surface area contributed by atoms with Crippen molar-refractivity contribution < 1.29 is 32.3 Å². The number of nitrogens with one attached hydrogen (secondary N) is 1. The summed E-state index contributed by atoms with van der Waals surface area (Å²) in [5.41, 5.74) is -0.624. The summed E-state index contributed by atoms with van der Waals surface area (Å²) < 4.78 is 51.1. The lowest BCUT2D eigenvalue weighted by atomic mass is 10.2. The molecule has 1 aliphatic rings. The van der Waals surface area contributed by atoms with Gasteiger partial charge in [0.15, 0.2) is 5.04 Å². The number of nitrogens with zero attached hydrogens (tertiary/aromatic N) is 2. The second-order valence-corrected chi connectivity index (χ2v) is 6.91. The molecule has 0 saturated heterocycles. The molecule has 2 N–H and O–H groups in total. The molecule has 152 valence electrons. The van der Waals surface area contributed by atoms with Crippen molar-refractivity contribution >= 4 is 34.3 Å². The van der Waals surface area contributed by atoms with Gasteiger partial charge in [0.25, 0.3) is 11.8 Å². The number of phenols is 1. The van der Waals surface area contributed by atoms with Gasteiger partial charge in [-0.05, 0) is 42.5 Å². The van der Waals surface area contributed by atoms with Crippen LogP contribution >= 0.6 is 11.8 Å². The van der Waals surface area contributed by atoms with Crippen molar-refractivity contribution in [3.8, 4) is 5.75 Å². The molecule has 0 saturated carbocycles. The number of carbonyl (C=O) groups excluding carboxylic acids is 2. The normalized spacial score (nSPS) is 14.6. The number of hydrazone groups is 1. The second kappa shape index (κ2) is 8.11. The Morgan fingerprint density at radius 2 is 1.90 bits per heavy atom. The molecule has 0 fully saturated rings. The highest BCUT2D eigenvalue weighted by Gasteiger charge is 2.30. The highest BCUT2D eigenvalue weighted by atomic mass is 32.2.